The monoisotopic (exact) mass is 250 g/mol. The molecule has 0 heterocycles. The zero-order valence-electron chi connectivity index (χ0n) is 9.11. The van der Waals surface area contributed by atoms with E-state index < -0.39 is 11.1 Å². The second kappa shape index (κ2) is 9.37. The molecule has 0 aliphatic rings. The zero-order valence-corrected chi connectivity index (χ0v) is 9.93. The van der Waals surface area contributed by atoms with Crippen LogP contribution in [0, 0.1) is 0 Å². The number of hydrogen-bond donors (Lipinski definition) is 1. The van der Waals surface area contributed by atoms with Crippen LogP contribution in [0.5, 0.6) is 0 Å². The van der Waals surface area contributed by atoms with Gasteiger partial charge in [0.1, 0.15) is 0 Å². The molecule has 1 unspecified atom stereocenters. The van der Waals surface area contributed by atoms with Crippen molar-refractivity contribution < 1.29 is 8.76 Å². The van der Waals surface area contributed by atoms with Crippen molar-refractivity contribution in [3.05, 3.63) is 29.8 Å². The maximum absolute atomic E-state index is 10.7. The van der Waals surface area contributed by atoms with Crippen LogP contribution in [-0.2, 0) is 17.5 Å². The minimum atomic E-state index is -1.85. The summed E-state index contributed by atoms with van der Waals surface area (Å²) in [5.74, 6) is 0. The van der Waals surface area contributed by atoms with Crippen LogP contribution in [0.1, 0.15) is 38.2 Å². The van der Waals surface area contributed by atoms with E-state index in [9.17, 15) is 4.21 Å². The SMILES string of the molecule is CCCCCCc1ccc(S(=O)O)cc1.[NaH]. The van der Waals surface area contributed by atoms with Gasteiger partial charge >= 0.3 is 29.6 Å². The molecule has 0 bridgehead atoms. The molecule has 16 heavy (non-hydrogen) atoms. The quantitative estimate of drug-likeness (QED) is 0.479. The average Bonchev–Trinajstić information content (AvgIpc) is 2.25. The predicted molar refractivity (Wildman–Crippen MR) is 70.5 cm³/mol. The van der Waals surface area contributed by atoms with E-state index in [1.165, 1.54) is 31.2 Å². The number of aryl methyl sites for hydroxylation is 1. The topological polar surface area (TPSA) is 37.3 Å². The Balaban J connectivity index is 0.00000225. The fourth-order valence-electron chi connectivity index (χ4n) is 1.53. The molecule has 0 amide bonds. The van der Waals surface area contributed by atoms with Gasteiger partial charge in [-0.3, -0.25) is 0 Å². The van der Waals surface area contributed by atoms with Gasteiger partial charge in [-0.1, -0.05) is 38.3 Å². The molecule has 0 saturated heterocycles. The van der Waals surface area contributed by atoms with Crippen molar-refractivity contribution in [1.29, 1.82) is 0 Å². The van der Waals surface area contributed by atoms with Crippen LogP contribution in [0.4, 0.5) is 0 Å². The summed E-state index contributed by atoms with van der Waals surface area (Å²) in [6.07, 6.45) is 6.08. The van der Waals surface area contributed by atoms with Gasteiger partial charge in [0.25, 0.3) is 0 Å². The molecule has 4 heteroatoms. The Morgan fingerprint density at radius 3 is 2.25 bits per heavy atom. The van der Waals surface area contributed by atoms with E-state index in [-0.39, 0.29) is 29.6 Å². The maximum atomic E-state index is 10.7. The molecule has 0 aliphatic carbocycles. The standard InChI is InChI=1S/C12H18O2S.Na.H/c1-2-3-4-5-6-11-7-9-12(10-8-11)15(13)14;;/h7-10H,2-6H2,1H3,(H,13,14);;. The molecule has 2 nitrogen and oxygen atoms in total. The summed E-state index contributed by atoms with van der Waals surface area (Å²) in [6, 6.07) is 7.33. The molecule has 0 aromatic heterocycles. The van der Waals surface area contributed by atoms with Crippen molar-refractivity contribution in [1.82, 2.24) is 0 Å². The Morgan fingerprint density at radius 2 is 1.75 bits per heavy atom. The molecule has 0 radical (unpaired) electrons. The second-order valence-corrected chi connectivity index (χ2v) is 4.67. The van der Waals surface area contributed by atoms with Crippen molar-refractivity contribution in [3.8, 4) is 0 Å². The molecule has 0 saturated carbocycles. The summed E-state index contributed by atoms with van der Waals surface area (Å²) in [6.45, 7) is 2.20. The van der Waals surface area contributed by atoms with Gasteiger partial charge in [0.15, 0.2) is 11.1 Å². The van der Waals surface area contributed by atoms with Gasteiger partial charge in [-0.15, -0.1) is 0 Å². The van der Waals surface area contributed by atoms with E-state index in [2.05, 4.69) is 6.92 Å². The molecule has 0 spiro atoms. The average molecular weight is 250 g/mol. The molecular formula is C12H19NaO2S. The second-order valence-electron chi connectivity index (χ2n) is 3.70. The number of rotatable bonds is 6. The first-order chi connectivity index (χ1) is 7.24. The van der Waals surface area contributed by atoms with Gasteiger partial charge in [-0.05, 0) is 30.5 Å². The molecule has 0 fully saturated rings. The Hall–Kier alpha value is 0.330. The van der Waals surface area contributed by atoms with Crippen molar-refractivity contribution in [2.75, 3.05) is 0 Å². The number of hydrogen-bond acceptors (Lipinski definition) is 1. The third-order valence-electron chi connectivity index (χ3n) is 2.44. The normalized spacial score (nSPS) is 11.9. The van der Waals surface area contributed by atoms with Crippen LogP contribution in [0.25, 0.3) is 0 Å². The van der Waals surface area contributed by atoms with Crippen LogP contribution in [0.2, 0.25) is 0 Å². The van der Waals surface area contributed by atoms with E-state index in [0.717, 1.165) is 6.42 Å². The molecule has 86 valence electrons. The molecule has 1 aromatic carbocycles. The predicted octanol–water partition coefficient (Wildman–Crippen LogP) is 2.74. The Bertz CT molecular complexity index is 311. The first-order valence-electron chi connectivity index (χ1n) is 5.44. The fraction of sp³-hybridized carbons (Fsp3) is 0.500. The van der Waals surface area contributed by atoms with E-state index >= 15 is 0 Å². The molecule has 1 rings (SSSR count). The van der Waals surface area contributed by atoms with Crippen LogP contribution in [0.15, 0.2) is 29.2 Å². The summed E-state index contributed by atoms with van der Waals surface area (Å²) in [5, 5.41) is 0. The van der Waals surface area contributed by atoms with Gasteiger partial charge in [-0.25, -0.2) is 4.21 Å². The molecular weight excluding hydrogens is 231 g/mol. The van der Waals surface area contributed by atoms with E-state index in [1.54, 1.807) is 12.1 Å². The van der Waals surface area contributed by atoms with E-state index in [0.29, 0.717) is 4.90 Å². The zero-order chi connectivity index (χ0) is 11.1. The van der Waals surface area contributed by atoms with Gasteiger partial charge in [0.2, 0.25) is 0 Å². The van der Waals surface area contributed by atoms with Crippen molar-refractivity contribution in [2.45, 2.75) is 43.9 Å². The Labute approximate surface area is 122 Å². The van der Waals surface area contributed by atoms with Crippen LogP contribution in [-0.4, -0.2) is 38.3 Å². The van der Waals surface area contributed by atoms with Crippen molar-refractivity contribution >= 4 is 40.6 Å². The first-order valence-corrected chi connectivity index (χ1v) is 6.54. The summed E-state index contributed by atoms with van der Waals surface area (Å²) < 4.78 is 19.6. The third-order valence-corrected chi connectivity index (χ3v) is 3.12. The Kier molecular flexibility index (Phi) is 9.56. The van der Waals surface area contributed by atoms with Gasteiger partial charge < -0.3 is 4.55 Å². The molecule has 1 aromatic rings. The van der Waals surface area contributed by atoms with Crippen LogP contribution >= 0.6 is 0 Å². The summed E-state index contributed by atoms with van der Waals surface area (Å²) >= 11 is -1.85. The van der Waals surface area contributed by atoms with Crippen LogP contribution in [0.3, 0.4) is 0 Å². The Morgan fingerprint density at radius 1 is 1.12 bits per heavy atom. The summed E-state index contributed by atoms with van der Waals surface area (Å²) in [4.78, 5) is 0.479. The van der Waals surface area contributed by atoms with E-state index in [4.69, 9.17) is 4.55 Å². The number of unbranched alkanes of at least 4 members (excludes halogenated alkanes) is 3. The first kappa shape index (κ1) is 16.3. The van der Waals surface area contributed by atoms with Crippen LogP contribution < -0.4 is 0 Å². The molecule has 1 atom stereocenters. The van der Waals surface area contributed by atoms with Gasteiger partial charge in [0.05, 0.1) is 4.90 Å². The third kappa shape index (κ3) is 6.16. The van der Waals surface area contributed by atoms with Crippen molar-refractivity contribution in [3.63, 3.8) is 0 Å². The fourth-order valence-corrected chi connectivity index (χ4v) is 1.90. The summed E-state index contributed by atoms with van der Waals surface area (Å²) in [7, 11) is 0. The number of benzene rings is 1. The molecule has 1 N–H and O–H groups in total. The van der Waals surface area contributed by atoms with E-state index in [1.807, 2.05) is 12.1 Å². The van der Waals surface area contributed by atoms with Gasteiger partial charge in [0, 0.05) is 0 Å². The van der Waals surface area contributed by atoms with Crippen molar-refractivity contribution in [2.24, 2.45) is 0 Å². The minimum absolute atomic E-state index is 0. The summed E-state index contributed by atoms with van der Waals surface area (Å²) in [5.41, 5.74) is 1.25. The molecule has 0 aliphatic heterocycles. The van der Waals surface area contributed by atoms with Gasteiger partial charge in [-0.2, -0.15) is 0 Å².